The summed E-state index contributed by atoms with van der Waals surface area (Å²) < 4.78 is 17.5. The number of nitrogens with one attached hydrogen (secondary N) is 1. The number of anilines is 1. The third-order valence-electron chi connectivity index (χ3n) is 5.79. The van der Waals surface area contributed by atoms with Crippen molar-refractivity contribution in [1.29, 1.82) is 0 Å². The van der Waals surface area contributed by atoms with Gasteiger partial charge in [-0.25, -0.2) is 4.79 Å². The van der Waals surface area contributed by atoms with Crippen LogP contribution in [-0.4, -0.2) is 26.8 Å². The zero-order valence-electron chi connectivity index (χ0n) is 15.8. The topological polar surface area (TPSA) is 56.8 Å². The van der Waals surface area contributed by atoms with E-state index < -0.39 is 0 Å². The summed E-state index contributed by atoms with van der Waals surface area (Å²) in [6, 6.07) is 9.79. The molecule has 2 aromatic carbocycles. The van der Waals surface area contributed by atoms with Crippen LogP contribution in [0.5, 0.6) is 11.5 Å². The van der Waals surface area contributed by atoms with Gasteiger partial charge in [-0.3, -0.25) is 0 Å². The first-order valence-electron chi connectivity index (χ1n) is 8.86. The minimum absolute atomic E-state index is 0.0895. The molecule has 0 saturated carbocycles. The first kappa shape index (κ1) is 18.2. The SMILES string of the molecule is COC(=O)c1ccc2c(c1)C(C)(C)C1COc3c(OC)cc(Br)cc3C1N2. The number of carbonyl (C=O) groups excluding carboxylic acids is 1. The van der Waals surface area contributed by atoms with Gasteiger partial charge in [-0.2, -0.15) is 0 Å². The van der Waals surface area contributed by atoms with Gasteiger partial charge in [-0.15, -0.1) is 0 Å². The fourth-order valence-electron chi connectivity index (χ4n) is 4.23. The largest absolute Gasteiger partial charge is 0.493 e. The zero-order chi connectivity index (χ0) is 19.3. The predicted molar refractivity (Wildman–Crippen MR) is 107 cm³/mol. The maximum Gasteiger partial charge on any atom is 0.337 e. The van der Waals surface area contributed by atoms with Gasteiger partial charge < -0.3 is 19.5 Å². The number of fused-ring (bicyclic) bond motifs is 4. The lowest BCUT2D eigenvalue weighted by atomic mass is 9.65. The molecule has 5 nitrogen and oxygen atoms in total. The second-order valence-electron chi connectivity index (χ2n) is 7.54. The number of rotatable bonds is 2. The highest BCUT2D eigenvalue weighted by molar-refractivity contribution is 9.10. The number of hydrogen-bond donors (Lipinski definition) is 1. The molecular weight excluding hydrogens is 410 g/mol. The molecule has 2 heterocycles. The molecule has 0 spiro atoms. The molecule has 0 bridgehead atoms. The molecular formula is C21H22BrNO4. The number of hydrogen-bond acceptors (Lipinski definition) is 5. The number of carbonyl (C=O) groups is 1. The van der Waals surface area contributed by atoms with E-state index in [1.807, 2.05) is 18.2 Å². The van der Waals surface area contributed by atoms with Crippen LogP contribution < -0.4 is 14.8 Å². The van der Waals surface area contributed by atoms with Gasteiger partial charge >= 0.3 is 5.97 Å². The summed E-state index contributed by atoms with van der Waals surface area (Å²) in [5, 5.41) is 3.66. The van der Waals surface area contributed by atoms with E-state index in [1.165, 1.54) is 7.11 Å². The molecule has 0 aliphatic carbocycles. The molecule has 1 N–H and O–H groups in total. The normalized spacial score (nSPS) is 21.7. The van der Waals surface area contributed by atoms with E-state index in [1.54, 1.807) is 13.2 Å². The summed E-state index contributed by atoms with van der Waals surface area (Å²) in [6.07, 6.45) is 0. The number of methoxy groups -OCH3 is 2. The van der Waals surface area contributed by atoms with E-state index in [0.29, 0.717) is 12.2 Å². The first-order chi connectivity index (χ1) is 12.9. The van der Waals surface area contributed by atoms with Crippen molar-refractivity contribution in [2.75, 3.05) is 26.1 Å². The molecule has 0 amide bonds. The molecule has 2 aliphatic rings. The highest BCUT2D eigenvalue weighted by Crippen LogP contribution is 2.54. The monoisotopic (exact) mass is 431 g/mol. The lowest BCUT2D eigenvalue weighted by molar-refractivity contribution is 0.0600. The van der Waals surface area contributed by atoms with Crippen molar-refractivity contribution < 1.29 is 19.0 Å². The fourth-order valence-corrected chi connectivity index (χ4v) is 4.69. The van der Waals surface area contributed by atoms with Crippen molar-refractivity contribution in [3.8, 4) is 11.5 Å². The molecule has 2 unspecified atom stereocenters. The molecule has 0 fully saturated rings. The second-order valence-corrected chi connectivity index (χ2v) is 8.46. The maximum absolute atomic E-state index is 12.0. The molecule has 2 aromatic rings. The van der Waals surface area contributed by atoms with Crippen LogP contribution in [0, 0.1) is 5.92 Å². The van der Waals surface area contributed by atoms with Gasteiger partial charge in [0.15, 0.2) is 11.5 Å². The Morgan fingerprint density at radius 1 is 1.26 bits per heavy atom. The lowest BCUT2D eigenvalue weighted by Crippen LogP contribution is -2.46. The molecule has 27 heavy (non-hydrogen) atoms. The van der Waals surface area contributed by atoms with E-state index in [0.717, 1.165) is 32.8 Å². The van der Waals surface area contributed by atoms with E-state index in [4.69, 9.17) is 14.2 Å². The van der Waals surface area contributed by atoms with Crippen molar-refractivity contribution in [1.82, 2.24) is 0 Å². The van der Waals surface area contributed by atoms with Crippen LogP contribution in [0.1, 0.15) is 41.4 Å². The van der Waals surface area contributed by atoms with Crippen LogP contribution in [0.4, 0.5) is 5.69 Å². The van der Waals surface area contributed by atoms with Gasteiger partial charge in [0.25, 0.3) is 0 Å². The minimum Gasteiger partial charge on any atom is -0.493 e. The predicted octanol–water partition coefficient (Wildman–Crippen LogP) is 4.70. The summed E-state index contributed by atoms with van der Waals surface area (Å²) in [5.74, 6) is 1.39. The number of esters is 1. The van der Waals surface area contributed by atoms with E-state index in [9.17, 15) is 4.79 Å². The third-order valence-corrected chi connectivity index (χ3v) is 6.24. The van der Waals surface area contributed by atoms with E-state index in [-0.39, 0.29) is 23.3 Å². The van der Waals surface area contributed by atoms with E-state index in [2.05, 4.69) is 41.2 Å². The summed E-state index contributed by atoms with van der Waals surface area (Å²) in [5.41, 5.74) is 3.57. The van der Waals surface area contributed by atoms with Crippen LogP contribution in [0.25, 0.3) is 0 Å². The Bertz CT molecular complexity index is 925. The Morgan fingerprint density at radius 3 is 2.74 bits per heavy atom. The van der Waals surface area contributed by atoms with Crippen LogP contribution in [0.2, 0.25) is 0 Å². The Balaban J connectivity index is 1.84. The van der Waals surface area contributed by atoms with Crippen molar-refractivity contribution in [2.24, 2.45) is 5.92 Å². The average Bonchev–Trinajstić information content (AvgIpc) is 2.66. The van der Waals surface area contributed by atoms with Gasteiger partial charge in [0.2, 0.25) is 0 Å². The minimum atomic E-state index is -0.324. The second kappa shape index (κ2) is 6.44. The van der Waals surface area contributed by atoms with Crippen LogP contribution in [0.15, 0.2) is 34.8 Å². The molecule has 2 atom stereocenters. The lowest BCUT2D eigenvalue weighted by Gasteiger charge is -2.48. The van der Waals surface area contributed by atoms with Gasteiger partial charge in [0, 0.05) is 27.1 Å². The smallest absolute Gasteiger partial charge is 0.337 e. The highest BCUT2D eigenvalue weighted by atomic mass is 79.9. The maximum atomic E-state index is 12.0. The van der Waals surface area contributed by atoms with Crippen molar-refractivity contribution in [3.63, 3.8) is 0 Å². The van der Waals surface area contributed by atoms with E-state index >= 15 is 0 Å². The zero-order valence-corrected chi connectivity index (χ0v) is 17.3. The van der Waals surface area contributed by atoms with Gasteiger partial charge in [-0.1, -0.05) is 29.8 Å². The van der Waals surface area contributed by atoms with Crippen molar-refractivity contribution in [3.05, 3.63) is 51.5 Å². The van der Waals surface area contributed by atoms with Gasteiger partial charge in [0.1, 0.15) is 0 Å². The first-order valence-corrected chi connectivity index (χ1v) is 9.65. The van der Waals surface area contributed by atoms with Crippen molar-refractivity contribution >= 4 is 27.6 Å². The Hall–Kier alpha value is -2.21. The van der Waals surface area contributed by atoms with Crippen molar-refractivity contribution in [2.45, 2.75) is 25.3 Å². The molecule has 0 radical (unpaired) electrons. The fraction of sp³-hybridized carbons (Fsp3) is 0.381. The van der Waals surface area contributed by atoms with Crippen LogP contribution in [-0.2, 0) is 10.2 Å². The Labute approximate surface area is 167 Å². The molecule has 4 rings (SSSR count). The summed E-state index contributed by atoms with van der Waals surface area (Å²) in [7, 11) is 3.05. The molecule has 0 aromatic heterocycles. The van der Waals surface area contributed by atoms with Crippen LogP contribution in [0.3, 0.4) is 0 Å². The standard InChI is InChI=1S/C21H22BrNO4/c1-21(2)14-7-11(20(24)26-4)5-6-16(14)23-18-13-8-12(22)9-17(25-3)19(13)27-10-15(18)21/h5-9,15,18,23H,10H2,1-4H3. The molecule has 2 aliphatic heterocycles. The quantitative estimate of drug-likeness (QED) is 0.698. The molecule has 6 heteroatoms. The highest BCUT2D eigenvalue weighted by Gasteiger charge is 2.47. The van der Waals surface area contributed by atoms with Gasteiger partial charge in [0.05, 0.1) is 32.4 Å². The molecule has 142 valence electrons. The summed E-state index contributed by atoms with van der Waals surface area (Å²) in [4.78, 5) is 12.0. The summed E-state index contributed by atoms with van der Waals surface area (Å²) in [6.45, 7) is 4.97. The number of halogens is 1. The Kier molecular flexibility index (Phi) is 4.34. The number of benzene rings is 2. The average molecular weight is 432 g/mol. The third kappa shape index (κ3) is 2.78. The van der Waals surface area contributed by atoms with Gasteiger partial charge in [-0.05, 0) is 35.9 Å². The summed E-state index contributed by atoms with van der Waals surface area (Å²) >= 11 is 3.58. The molecule has 0 saturated heterocycles. The van der Waals surface area contributed by atoms with Crippen LogP contribution >= 0.6 is 15.9 Å². The Morgan fingerprint density at radius 2 is 2.04 bits per heavy atom. The number of ether oxygens (including phenoxy) is 3.